The molecule has 1 amide bonds. The predicted molar refractivity (Wildman–Crippen MR) is 91.1 cm³/mol. The molecule has 3 rings (SSSR count). The highest BCUT2D eigenvalue weighted by atomic mass is 16.5. The van der Waals surface area contributed by atoms with Gasteiger partial charge in [0.1, 0.15) is 11.8 Å². The van der Waals surface area contributed by atoms with Crippen molar-refractivity contribution in [1.29, 1.82) is 0 Å². The lowest BCUT2D eigenvalue weighted by molar-refractivity contribution is -0.129. The molecule has 0 aromatic heterocycles. The smallest absolute Gasteiger partial charge is 0.244 e. The van der Waals surface area contributed by atoms with E-state index in [2.05, 4.69) is 10.2 Å². The number of hydrogen-bond acceptors (Lipinski definition) is 5. The van der Waals surface area contributed by atoms with Crippen molar-refractivity contribution in [2.75, 3.05) is 32.2 Å². The van der Waals surface area contributed by atoms with Crippen molar-refractivity contribution in [3.8, 4) is 5.75 Å². The van der Waals surface area contributed by atoms with Crippen LogP contribution in [0.5, 0.6) is 5.75 Å². The van der Waals surface area contributed by atoms with Gasteiger partial charge in [0.2, 0.25) is 5.91 Å². The molecule has 1 aliphatic heterocycles. The third-order valence-electron chi connectivity index (χ3n) is 4.98. The monoisotopic (exact) mass is 334 g/mol. The average Bonchev–Trinajstić information content (AvgIpc) is 3.16. The van der Waals surface area contributed by atoms with Gasteiger partial charge in [0, 0.05) is 23.8 Å². The third-order valence-corrected chi connectivity index (χ3v) is 4.98. The van der Waals surface area contributed by atoms with Crippen molar-refractivity contribution in [3.05, 3.63) is 23.8 Å². The van der Waals surface area contributed by atoms with Gasteiger partial charge in [-0.3, -0.25) is 9.69 Å². The number of methoxy groups -OCH3 is 1. The Morgan fingerprint density at radius 2 is 2.21 bits per heavy atom. The van der Waals surface area contributed by atoms with Gasteiger partial charge in [-0.2, -0.15) is 0 Å². The van der Waals surface area contributed by atoms with Gasteiger partial charge in [0.25, 0.3) is 0 Å². The molecule has 1 aliphatic carbocycles. The molecule has 1 aromatic rings. The predicted octanol–water partition coefficient (Wildman–Crippen LogP) is 1.77. The van der Waals surface area contributed by atoms with Crippen LogP contribution in [0, 0.1) is 0 Å². The fourth-order valence-corrected chi connectivity index (χ4v) is 3.72. The first kappa shape index (κ1) is 17.2. The Morgan fingerprint density at radius 1 is 1.42 bits per heavy atom. The number of ether oxygens (including phenoxy) is 2. The number of nitrogens with zero attached hydrogens (tertiary/aromatic N) is 1. The zero-order valence-corrected chi connectivity index (χ0v) is 14.2. The Bertz CT molecular complexity index is 572. The van der Waals surface area contributed by atoms with Gasteiger partial charge in [0.15, 0.2) is 0 Å². The SMILES string of the molecule is COc1ccc(NC(=O)[C@H]2COCCN2C2CCCC2)cc1CO. The van der Waals surface area contributed by atoms with Crippen LogP contribution < -0.4 is 10.1 Å². The van der Waals surface area contributed by atoms with E-state index in [4.69, 9.17) is 9.47 Å². The zero-order chi connectivity index (χ0) is 16.9. The molecule has 24 heavy (non-hydrogen) atoms. The number of rotatable bonds is 5. The summed E-state index contributed by atoms with van der Waals surface area (Å²) in [4.78, 5) is 15.1. The lowest BCUT2D eigenvalue weighted by Crippen LogP contribution is -2.55. The molecule has 0 bridgehead atoms. The molecular formula is C18H26N2O4. The largest absolute Gasteiger partial charge is 0.496 e. The fourth-order valence-electron chi connectivity index (χ4n) is 3.72. The lowest BCUT2D eigenvalue weighted by atomic mass is 10.1. The van der Waals surface area contributed by atoms with Crippen LogP contribution in [0.3, 0.4) is 0 Å². The molecule has 1 saturated carbocycles. The topological polar surface area (TPSA) is 71.0 Å². The minimum absolute atomic E-state index is 0.0457. The molecule has 2 fully saturated rings. The molecule has 1 atom stereocenters. The summed E-state index contributed by atoms with van der Waals surface area (Å²) in [5, 5.41) is 12.4. The second-order valence-corrected chi connectivity index (χ2v) is 6.44. The summed E-state index contributed by atoms with van der Waals surface area (Å²) in [5.74, 6) is 0.569. The van der Waals surface area contributed by atoms with Gasteiger partial charge in [-0.1, -0.05) is 12.8 Å². The van der Waals surface area contributed by atoms with Gasteiger partial charge in [-0.25, -0.2) is 0 Å². The maximum Gasteiger partial charge on any atom is 0.244 e. The van der Waals surface area contributed by atoms with E-state index in [-0.39, 0.29) is 18.6 Å². The molecule has 2 N–H and O–H groups in total. The average molecular weight is 334 g/mol. The number of nitrogens with one attached hydrogen (secondary N) is 1. The number of aliphatic hydroxyl groups is 1. The number of hydrogen-bond donors (Lipinski definition) is 2. The molecule has 1 saturated heterocycles. The lowest BCUT2D eigenvalue weighted by Gasteiger charge is -2.38. The summed E-state index contributed by atoms with van der Waals surface area (Å²) >= 11 is 0. The van der Waals surface area contributed by atoms with Crippen LogP contribution in [-0.2, 0) is 16.1 Å². The van der Waals surface area contributed by atoms with E-state index in [1.165, 1.54) is 25.7 Å². The molecule has 0 spiro atoms. The number of benzene rings is 1. The van der Waals surface area contributed by atoms with E-state index < -0.39 is 0 Å². The maximum absolute atomic E-state index is 12.8. The molecule has 132 valence electrons. The normalized spacial score (nSPS) is 22.5. The first-order valence-corrected chi connectivity index (χ1v) is 8.65. The zero-order valence-electron chi connectivity index (χ0n) is 14.2. The summed E-state index contributed by atoms with van der Waals surface area (Å²) < 4.78 is 10.7. The minimum Gasteiger partial charge on any atom is -0.496 e. The van der Waals surface area contributed by atoms with E-state index >= 15 is 0 Å². The molecule has 0 unspecified atom stereocenters. The van der Waals surface area contributed by atoms with Crippen LogP contribution in [0.1, 0.15) is 31.2 Å². The first-order valence-electron chi connectivity index (χ1n) is 8.65. The number of anilines is 1. The van der Waals surface area contributed by atoms with Crippen LogP contribution in [0.4, 0.5) is 5.69 Å². The van der Waals surface area contributed by atoms with E-state index in [1.807, 2.05) is 0 Å². The van der Waals surface area contributed by atoms with Crippen molar-refractivity contribution in [1.82, 2.24) is 4.90 Å². The Labute approximate surface area is 142 Å². The van der Waals surface area contributed by atoms with Crippen molar-refractivity contribution in [2.45, 2.75) is 44.4 Å². The highest BCUT2D eigenvalue weighted by Gasteiger charge is 2.35. The summed E-state index contributed by atoms with van der Waals surface area (Å²) in [7, 11) is 1.56. The highest BCUT2D eigenvalue weighted by Crippen LogP contribution is 2.27. The van der Waals surface area contributed by atoms with Gasteiger partial charge in [-0.05, 0) is 31.0 Å². The molecule has 1 heterocycles. The number of carbonyl (C=O) groups excluding carboxylic acids is 1. The quantitative estimate of drug-likeness (QED) is 0.859. The molecule has 1 aromatic carbocycles. The number of morpholine rings is 1. The van der Waals surface area contributed by atoms with Crippen LogP contribution in [0.25, 0.3) is 0 Å². The second kappa shape index (κ2) is 7.96. The minimum atomic E-state index is -0.249. The number of amides is 1. The third kappa shape index (κ3) is 3.71. The first-order chi connectivity index (χ1) is 11.7. The van der Waals surface area contributed by atoms with Crippen molar-refractivity contribution in [2.24, 2.45) is 0 Å². The molecular weight excluding hydrogens is 308 g/mol. The molecule has 0 radical (unpaired) electrons. The molecule has 2 aliphatic rings. The Hall–Kier alpha value is -1.63. The van der Waals surface area contributed by atoms with E-state index in [0.29, 0.717) is 36.3 Å². The van der Waals surface area contributed by atoms with Gasteiger partial charge >= 0.3 is 0 Å². The van der Waals surface area contributed by atoms with Crippen LogP contribution in [-0.4, -0.2) is 54.9 Å². The Kier molecular flexibility index (Phi) is 5.71. The fraction of sp³-hybridized carbons (Fsp3) is 0.611. The van der Waals surface area contributed by atoms with Gasteiger partial charge < -0.3 is 19.9 Å². The standard InChI is InChI=1S/C18H26N2O4/c1-23-17-7-6-14(10-13(17)11-21)19-18(22)16-12-24-9-8-20(16)15-4-2-3-5-15/h6-7,10,15-16,21H,2-5,8-9,11-12H2,1H3,(H,19,22)/t16-/m1/s1. The molecule has 6 heteroatoms. The van der Waals surface area contributed by atoms with Crippen molar-refractivity contribution >= 4 is 11.6 Å². The Balaban J connectivity index is 1.70. The van der Waals surface area contributed by atoms with E-state index in [9.17, 15) is 9.90 Å². The van der Waals surface area contributed by atoms with Crippen molar-refractivity contribution in [3.63, 3.8) is 0 Å². The van der Waals surface area contributed by atoms with Gasteiger partial charge in [0.05, 0.1) is 26.9 Å². The summed E-state index contributed by atoms with van der Waals surface area (Å²) in [6.07, 6.45) is 4.82. The number of aliphatic hydroxyl groups excluding tert-OH is 1. The summed E-state index contributed by atoms with van der Waals surface area (Å²) in [6, 6.07) is 5.54. The van der Waals surface area contributed by atoms with E-state index in [1.54, 1.807) is 25.3 Å². The highest BCUT2D eigenvalue weighted by molar-refractivity contribution is 5.95. The second-order valence-electron chi connectivity index (χ2n) is 6.44. The number of carbonyl (C=O) groups is 1. The van der Waals surface area contributed by atoms with Crippen LogP contribution in [0.2, 0.25) is 0 Å². The van der Waals surface area contributed by atoms with E-state index in [0.717, 1.165) is 6.54 Å². The van der Waals surface area contributed by atoms with Crippen molar-refractivity contribution < 1.29 is 19.4 Å². The Morgan fingerprint density at radius 3 is 2.92 bits per heavy atom. The van der Waals surface area contributed by atoms with Crippen LogP contribution in [0.15, 0.2) is 18.2 Å². The summed E-state index contributed by atoms with van der Waals surface area (Å²) in [6.45, 7) is 1.81. The molecule has 6 nitrogen and oxygen atoms in total. The van der Waals surface area contributed by atoms with Crippen LogP contribution >= 0.6 is 0 Å². The van der Waals surface area contributed by atoms with Gasteiger partial charge in [-0.15, -0.1) is 0 Å². The maximum atomic E-state index is 12.8. The summed E-state index contributed by atoms with van der Waals surface area (Å²) in [5.41, 5.74) is 1.32.